The van der Waals surface area contributed by atoms with Gasteiger partial charge in [-0.25, -0.2) is 4.98 Å². The summed E-state index contributed by atoms with van der Waals surface area (Å²) >= 11 is 1.83. The molecule has 3 heterocycles. The minimum atomic E-state index is -0.211. The fourth-order valence-electron chi connectivity index (χ4n) is 6.03. The second-order valence-corrected chi connectivity index (χ2v) is 12.0. The maximum absolute atomic E-state index is 5.13. The van der Waals surface area contributed by atoms with Gasteiger partial charge in [0.05, 0.1) is 11.4 Å². The third kappa shape index (κ3) is 3.77. The molecule has 0 saturated heterocycles. The number of nitrogens with zero attached hydrogens (tertiary/aromatic N) is 4. The van der Waals surface area contributed by atoms with Gasteiger partial charge in [0.1, 0.15) is 0 Å². The molecule has 0 atom stereocenters. The third-order valence-electron chi connectivity index (χ3n) is 8.12. The molecule has 0 amide bonds. The van der Waals surface area contributed by atoms with Crippen molar-refractivity contribution in [2.75, 3.05) is 4.90 Å². The SMILES string of the molecule is CC1(C)c2ccccc2N(c2nc(-c3ccccc3)nc(-c3ccccc3)n2)c2cc3sc4ccccc4c3cc21. The Morgan fingerprint density at radius 2 is 1.15 bits per heavy atom. The van der Waals surface area contributed by atoms with Gasteiger partial charge in [0, 0.05) is 36.7 Å². The van der Waals surface area contributed by atoms with Crippen LogP contribution in [0.4, 0.5) is 17.3 Å². The predicted octanol–water partition coefficient (Wildman–Crippen LogP) is 9.68. The molecule has 0 fully saturated rings. The maximum Gasteiger partial charge on any atom is 0.238 e. The highest BCUT2D eigenvalue weighted by Gasteiger charge is 2.38. The normalized spacial score (nSPS) is 13.8. The lowest BCUT2D eigenvalue weighted by Crippen LogP contribution is -2.31. The van der Waals surface area contributed by atoms with Gasteiger partial charge in [-0.3, -0.25) is 4.90 Å². The molecule has 1 aliphatic rings. The number of para-hydroxylation sites is 1. The van der Waals surface area contributed by atoms with Crippen LogP contribution >= 0.6 is 11.3 Å². The Bertz CT molecular complexity index is 2020. The molecule has 0 radical (unpaired) electrons. The van der Waals surface area contributed by atoms with Crippen molar-refractivity contribution in [1.82, 2.24) is 15.0 Å². The first-order valence-electron chi connectivity index (χ1n) is 13.8. The average molecular weight is 547 g/mol. The van der Waals surface area contributed by atoms with Crippen molar-refractivity contribution >= 4 is 48.8 Å². The van der Waals surface area contributed by atoms with E-state index in [0.29, 0.717) is 17.6 Å². The van der Waals surface area contributed by atoms with E-state index < -0.39 is 0 Å². The molecule has 5 aromatic carbocycles. The summed E-state index contributed by atoms with van der Waals surface area (Å²) in [4.78, 5) is 17.4. The Balaban J connectivity index is 1.44. The lowest BCUT2D eigenvalue weighted by atomic mass is 9.73. The van der Waals surface area contributed by atoms with Crippen LogP contribution in [0.5, 0.6) is 0 Å². The number of aromatic nitrogens is 3. The predicted molar refractivity (Wildman–Crippen MR) is 170 cm³/mol. The van der Waals surface area contributed by atoms with Gasteiger partial charge in [0.15, 0.2) is 11.6 Å². The number of thiophene rings is 1. The van der Waals surface area contributed by atoms with Crippen molar-refractivity contribution in [3.63, 3.8) is 0 Å². The zero-order valence-electron chi connectivity index (χ0n) is 22.7. The van der Waals surface area contributed by atoms with Crippen molar-refractivity contribution in [3.8, 4) is 22.8 Å². The summed E-state index contributed by atoms with van der Waals surface area (Å²) in [7, 11) is 0. The highest BCUT2D eigenvalue weighted by atomic mass is 32.1. The smallest absolute Gasteiger partial charge is 0.238 e. The van der Waals surface area contributed by atoms with Crippen LogP contribution in [0.3, 0.4) is 0 Å². The summed E-state index contributed by atoms with van der Waals surface area (Å²) in [6.45, 7) is 4.64. The molecule has 0 N–H and O–H groups in total. The van der Waals surface area contributed by atoms with Gasteiger partial charge in [-0.2, -0.15) is 9.97 Å². The van der Waals surface area contributed by atoms with E-state index in [1.807, 2.05) is 47.7 Å². The standard InChI is InChI=1S/C36H26N4S/c1-36(2)27-18-10-11-19-29(27)40(30-22-32-26(21-28(30)36)25-17-9-12-20-31(25)41-32)35-38-33(23-13-5-3-6-14-23)37-34(39-35)24-15-7-4-8-16-24/h3-22H,1-2H3. The molecule has 0 saturated carbocycles. The summed E-state index contributed by atoms with van der Waals surface area (Å²) in [6.07, 6.45) is 0. The first-order chi connectivity index (χ1) is 20.1. The average Bonchev–Trinajstić information content (AvgIpc) is 3.39. The maximum atomic E-state index is 5.13. The van der Waals surface area contributed by atoms with Gasteiger partial charge in [-0.15, -0.1) is 11.3 Å². The van der Waals surface area contributed by atoms with Gasteiger partial charge in [-0.1, -0.05) is 111 Å². The van der Waals surface area contributed by atoms with E-state index in [0.717, 1.165) is 22.5 Å². The largest absolute Gasteiger partial charge is 0.278 e. The molecule has 1 aliphatic heterocycles. The molecule has 196 valence electrons. The fraction of sp³-hybridized carbons (Fsp3) is 0.0833. The number of anilines is 3. The molecule has 0 spiro atoms. The summed E-state index contributed by atoms with van der Waals surface area (Å²) < 4.78 is 2.55. The lowest BCUT2D eigenvalue weighted by Gasteiger charge is -2.41. The minimum Gasteiger partial charge on any atom is -0.278 e. The van der Waals surface area contributed by atoms with Crippen LogP contribution in [0.25, 0.3) is 42.9 Å². The van der Waals surface area contributed by atoms with Crippen LogP contribution < -0.4 is 4.90 Å². The van der Waals surface area contributed by atoms with E-state index in [-0.39, 0.29) is 5.41 Å². The van der Waals surface area contributed by atoms with E-state index in [9.17, 15) is 0 Å². The van der Waals surface area contributed by atoms with Crippen molar-refractivity contribution < 1.29 is 0 Å². The van der Waals surface area contributed by atoms with Gasteiger partial charge >= 0.3 is 0 Å². The monoisotopic (exact) mass is 546 g/mol. The van der Waals surface area contributed by atoms with E-state index in [1.165, 1.54) is 31.3 Å². The molecule has 8 rings (SSSR count). The Kier molecular flexibility index (Phi) is 5.31. The number of rotatable bonds is 3. The molecule has 4 nitrogen and oxygen atoms in total. The second kappa shape index (κ2) is 9.08. The topological polar surface area (TPSA) is 41.9 Å². The van der Waals surface area contributed by atoms with E-state index in [4.69, 9.17) is 15.0 Å². The molecule has 2 aromatic heterocycles. The van der Waals surface area contributed by atoms with Gasteiger partial charge < -0.3 is 0 Å². The second-order valence-electron chi connectivity index (χ2n) is 11.0. The summed E-state index contributed by atoms with van der Waals surface area (Å²) in [5, 5.41) is 2.59. The number of hydrogen-bond donors (Lipinski definition) is 0. The van der Waals surface area contributed by atoms with Crippen LogP contribution in [0.1, 0.15) is 25.0 Å². The molecular formula is C36H26N4S. The van der Waals surface area contributed by atoms with E-state index in [1.54, 1.807) is 0 Å². The van der Waals surface area contributed by atoms with Crippen LogP contribution in [-0.4, -0.2) is 15.0 Å². The molecule has 0 bridgehead atoms. The highest BCUT2D eigenvalue weighted by molar-refractivity contribution is 7.25. The van der Waals surface area contributed by atoms with Gasteiger partial charge in [0.25, 0.3) is 0 Å². The zero-order chi connectivity index (χ0) is 27.6. The summed E-state index contributed by atoms with van der Waals surface area (Å²) in [5.41, 5.74) is 6.41. The van der Waals surface area contributed by atoms with Crippen LogP contribution in [-0.2, 0) is 5.41 Å². The van der Waals surface area contributed by atoms with Gasteiger partial charge in [0.2, 0.25) is 5.95 Å². The Labute approximate surface area is 242 Å². The van der Waals surface area contributed by atoms with Crippen molar-refractivity contribution in [3.05, 3.63) is 132 Å². The Hall–Kier alpha value is -4.87. The van der Waals surface area contributed by atoms with Gasteiger partial charge in [-0.05, 0) is 35.4 Å². The van der Waals surface area contributed by atoms with Crippen LogP contribution in [0.15, 0.2) is 121 Å². The molecule has 41 heavy (non-hydrogen) atoms. The third-order valence-corrected chi connectivity index (χ3v) is 9.25. The molecule has 7 aromatic rings. The Morgan fingerprint density at radius 3 is 1.85 bits per heavy atom. The Morgan fingerprint density at radius 1 is 0.537 bits per heavy atom. The van der Waals surface area contributed by atoms with Crippen molar-refractivity contribution in [1.29, 1.82) is 0 Å². The lowest BCUT2D eigenvalue weighted by molar-refractivity contribution is 0.631. The zero-order valence-corrected chi connectivity index (χ0v) is 23.6. The quantitative estimate of drug-likeness (QED) is 0.221. The first-order valence-corrected chi connectivity index (χ1v) is 14.6. The fourth-order valence-corrected chi connectivity index (χ4v) is 7.15. The van der Waals surface area contributed by atoms with E-state index in [2.05, 4.69) is 104 Å². The van der Waals surface area contributed by atoms with Crippen molar-refractivity contribution in [2.45, 2.75) is 19.3 Å². The van der Waals surface area contributed by atoms with Crippen LogP contribution in [0, 0.1) is 0 Å². The summed E-state index contributed by atoms with van der Waals surface area (Å²) in [6, 6.07) is 42.4. The number of benzene rings is 5. The number of fused-ring (bicyclic) bond motifs is 5. The molecule has 0 unspecified atom stereocenters. The number of hydrogen-bond acceptors (Lipinski definition) is 5. The highest BCUT2D eigenvalue weighted by Crippen LogP contribution is 2.53. The summed E-state index contributed by atoms with van der Waals surface area (Å²) in [5.74, 6) is 1.92. The molecule has 0 aliphatic carbocycles. The molecular weight excluding hydrogens is 520 g/mol. The molecule has 5 heteroatoms. The van der Waals surface area contributed by atoms with E-state index >= 15 is 0 Å². The van der Waals surface area contributed by atoms with Crippen LogP contribution in [0.2, 0.25) is 0 Å². The first kappa shape index (κ1) is 24.0. The minimum absolute atomic E-state index is 0.211. The van der Waals surface area contributed by atoms with Crippen molar-refractivity contribution in [2.24, 2.45) is 0 Å².